The van der Waals surface area contributed by atoms with Crippen LogP contribution in [0.3, 0.4) is 0 Å². The maximum Gasteiger partial charge on any atom is 0.349 e. The number of carbonyl (C=O) groups is 2. The van der Waals surface area contributed by atoms with Crippen LogP contribution < -0.4 is 17.2 Å². The van der Waals surface area contributed by atoms with Crippen molar-refractivity contribution in [2.45, 2.75) is 12.6 Å². The first-order valence-corrected chi connectivity index (χ1v) is 6.06. The van der Waals surface area contributed by atoms with E-state index >= 15 is 0 Å². The number of amides is 1. The number of anilines is 1. The van der Waals surface area contributed by atoms with Gasteiger partial charge in [-0.25, -0.2) is 9.59 Å². The summed E-state index contributed by atoms with van der Waals surface area (Å²) in [6.07, 6.45) is 1.28. The Labute approximate surface area is 119 Å². The second kappa shape index (κ2) is 7.36. The maximum absolute atomic E-state index is 12.1. The van der Waals surface area contributed by atoms with Gasteiger partial charge in [0.2, 0.25) is 5.91 Å². The third-order valence-electron chi connectivity index (χ3n) is 2.73. The van der Waals surface area contributed by atoms with E-state index < -0.39 is 36.8 Å². The number of nitrogens with two attached hydrogens (primary N) is 2. The lowest BCUT2D eigenvalue weighted by atomic mass is 10.2. The standard InChI is InChI=1S/C11H17N5O5/c12-2-4-16(7(6-17)10(19)20)9(18)5-15-3-1-8(13)14-11(15)21/h1,3,7,17H,2,4-6,12H2,(H,19,20)(H2,13,14,21)/t7-/m1/s1. The fourth-order valence-corrected chi connectivity index (χ4v) is 1.70. The van der Waals surface area contributed by atoms with Crippen LogP contribution in [0.5, 0.6) is 0 Å². The fraction of sp³-hybridized carbons (Fsp3) is 0.455. The highest BCUT2D eigenvalue weighted by atomic mass is 16.4. The third kappa shape index (κ3) is 4.26. The van der Waals surface area contributed by atoms with Crippen molar-refractivity contribution in [1.29, 1.82) is 0 Å². The van der Waals surface area contributed by atoms with E-state index in [2.05, 4.69) is 4.98 Å². The van der Waals surface area contributed by atoms with Crippen LogP contribution >= 0.6 is 0 Å². The van der Waals surface area contributed by atoms with Gasteiger partial charge in [0.05, 0.1) is 6.61 Å². The highest BCUT2D eigenvalue weighted by Crippen LogP contribution is 2.02. The number of aliphatic hydroxyl groups is 1. The molecule has 10 heteroatoms. The number of aliphatic carboxylic acids is 1. The summed E-state index contributed by atoms with van der Waals surface area (Å²) in [5, 5.41) is 18.1. The summed E-state index contributed by atoms with van der Waals surface area (Å²) in [7, 11) is 0. The van der Waals surface area contributed by atoms with E-state index in [1.165, 1.54) is 12.3 Å². The summed E-state index contributed by atoms with van der Waals surface area (Å²) < 4.78 is 0.985. The summed E-state index contributed by atoms with van der Waals surface area (Å²) in [5.74, 6) is -2.01. The van der Waals surface area contributed by atoms with Gasteiger partial charge >= 0.3 is 11.7 Å². The lowest BCUT2D eigenvalue weighted by Gasteiger charge is -2.27. The lowest BCUT2D eigenvalue weighted by Crippen LogP contribution is -2.50. The maximum atomic E-state index is 12.1. The number of hydrogen-bond acceptors (Lipinski definition) is 7. The van der Waals surface area contributed by atoms with Crippen LogP contribution in [0.1, 0.15) is 0 Å². The molecule has 0 aliphatic rings. The summed E-state index contributed by atoms with van der Waals surface area (Å²) >= 11 is 0. The van der Waals surface area contributed by atoms with E-state index in [-0.39, 0.29) is 18.9 Å². The van der Waals surface area contributed by atoms with Gasteiger partial charge in [-0.2, -0.15) is 4.98 Å². The van der Waals surface area contributed by atoms with Crippen molar-refractivity contribution in [3.63, 3.8) is 0 Å². The Bertz CT molecular complexity index is 572. The van der Waals surface area contributed by atoms with Crippen molar-refractivity contribution >= 4 is 17.7 Å². The average Bonchev–Trinajstić information content (AvgIpc) is 2.41. The van der Waals surface area contributed by atoms with Gasteiger partial charge < -0.3 is 26.6 Å². The zero-order valence-corrected chi connectivity index (χ0v) is 11.2. The Hall–Kier alpha value is -2.46. The van der Waals surface area contributed by atoms with Crippen LogP contribution in [0.15, 0.2) is 17.1 Å². The number of carbonyl (C=O) groups excluding carboxylic acids is 1. The topological polar surface area (TPSA) is 165 Å². The van der Waals surface area contributed by atoms with E-state index in [0.29, 0.717) is 0 Å². The average molecular weight is 299 g/mol. The molecule has 0 aromatic carbocycles. The molecule has 0 unspecified atom stereocenters. The second-order valence-corrected chi connectivity index (χ2v) is 4.18. The number of aliphatic hydroxyl groups excluding tert-OH is 1. The molecule has 0 fully saturated rings. The van der Waals surface area contributed by atoms with Gasteiger partial charge in [-0.05, 0) is 6.07 Å². The molecule has 1 aromatic rings. The van der Waals surface area contributed by atoms with Gasteiger partial charge in [-0.3, -0.25) is 9.36 Å². The predicted molar refractivity (Wildman–Crippen MR) is 72.2 cm³/mol. The van der Waals surface area contributed by atoms with Crippen LogP contribution in [0.2, 0.25) is 0 Å². The predicted octanol–water partition coefficient (Wildman–Crippen LogP) is -2.94. The molecule has 0 aliphatic carbocycles. The van der Waals surface area contributed by atoms with Gasteiger partial charge in [-0.1, -0.05) is 0 Å². The van der Waals surface area contributed by atoms with E-state index in [0.717, 1.165) is 9.47 Å². The summed E-state index contributed by atoms with van der Waals surface area (Å²) in [6, 6.07) is -0.0821. The van der Waals surface area contributed by atoms with Crippen LogP contribution in [-0.2, 0) is 16.1 Å². The number of carboxylic acids is 1. The zero-order chi connectivity index (χ0) is 16.0. The van der Waals surface area contributed by atoms with Crippen LogP contribution in [0.25, 0.3) is 0 Å². The number of hydrogen-bond donors (Lipinski definition) is 4. The second-order valence-electron chi connectivity index (χ2n) is 4.18. The lowest BCUT2D eigenvalue weighted by molar-refractivity contribution is -0.152. The largest absolute Gasteiger partial charge is 0.480 e. The SMILES string of the molecule is NCCN(C(=O)Cn1ccc(N)nc1=O)[C@H](CO)C(=O)O. The molecule has 6 N–H and O–H groups in total. The van der Waals surface area contributed by atoms with Gasteiger partial charge in [-0.15, -0.1) is 0 Å². The normalized spacial score (nSPS) is 11.9. The summed E-state index contributed by atoms with van der Waals surface area (Å²) in [6.45, 7) is -1.22. The number of carboxylic acid groups (broad SMARTS) is 1. The number of nitrogen functional groups attached to an aromatic ring is 1. The van der Waals surface area contributed by atoms with Crippen molar-refractivity contribution in [3.8, 4) is 0 Å². The van der Waals surface area contributed by atoms with E-state index in [4.69, 9.17) is 21.7 Å². The van der Waals surface area contributed by atoms with E-state index in [9.17, 15) is 14.4 Å². The van der Waals surface area contributed by atoms with Gasteiger partial charge in [0, 0.05) is 19.3 Å². The third-order valence-corrected chi connectivity index (χ3v) is 2.73. The Kier molecular flexibility index (Phi) is 5.81. The highest BCUT2D eigenvalue weighted by molar-refractivity contribution is 5.83. The van der Waals surface area contributed by atoms with Crippen LogP contribution in [-0.4, -0.2) is 62.3 Å². The van der Waals surface area contributed by atoms with Gasteiger partial charge in [0.1, 0.15) is 12.4 Å². The molecule has 0 aliphatic heterocycles. The monoisotopic (exact) mass is 299 g/mol. The Morgan fingerprint density at radius 2 is 2.14 bits per heavy atom. The van der Waals surface area contributed by atoms with E-state index in [1.54, 1.807) is 0 Å². The minimum absolute atomic E-state index is 0.0151. The zero-order valence-electron chi connectivity index (χ0n) is 11.2. The molecule has 1 rings (SSSR count). The molecule has 21 heavy (non-hydrogen) atoms. The molecular weight excluding hydrogens is 282 g/mol. The smallest absolute Gasteiger partial charge is 0.349 e. The van der Waals surface area contributed by atoms with Crippen LogP contribution in [0.4, 0.5) is 5.82 Å². The first-order chi connectivity index (χ1) is 9.90. The molecule has 0 radical (unpaired) electrons. The first-order valence-electron chi connectivity index (χ1n) is 6.06. The van der Waals surface area contributed by atoms with Crippen molar-refractivity contribution in [2.75, 3.05) is 25.4 Å². The molecule has 1 aromatic heterocycles. The fourth-order valence-electron chi connectivity index (χ4n) is 1.70. The van der Waals surface area contributed by atoms with Crippen molar-refractivity contribution in [3.05, 3.63) is 22.7 Å². The Morgan fingerprint density at radius 3 is 2.62 bits per heavy atom. The Balaban J connectivity index is 2.96. The summed E-state index contributed by atoms with van der Waals surface area (Å²) in [4.78, 5) is 39.0. The molecule has 0 spiro atoms. The number of aromatic nitrogens is 2. The van der Waals surface area contributed by atoms with Gasteiger partial charge in [0.15, 0.2) is 6.04 Å². The molecule has 116 valence electrons. The van der Waals surface area contributed by atoms with Gasteiger partial charge in [0.25, 0.3) is 0 Å². The molecular formula is C11H17N5O5. The number of nitrogens with zero attached hydrogens (tertiary/aromatic N) is 3. The minimum Gasteiger partial charge on any atom is -0.480 e. The molecule has 1 atom stereocenters. The highest BCUT2D eigenvalue weighted by Gasteiger charge is 2.28. The van der Waals surface area contributed by atoms with E-state index in [1.807, 2.05) is 0 Å². The molecule has 0 saturated carbocycles. The molecule has 10 nitrogen and oxygen atoms in total. The molecule has 1 heterocycles. The number of rotatable bonds is 7. The summed E-state index contributed by atoms with van der Waals surface area (Å²) in [5.41, 5.74) is 9.94. The Morgan fingerprint density at radius 1 is 1.48 bits per heavy atom. The molecule has 1 amide bonds. The van der Waals surface area contributed by atoms with Crippen molar-refractivity contribution < 1.29 is 19.8 Å². The van der Waals surface area contributed by atoms with Crippen LogP contribution in [0, 0.1) is 0 Å². The molecule has 0 bridgehead atoms. The van der Waals surface area contributed by atoms with Crippen molar-refractivity contribution in [2.24, 2.45) is 5.73 Å². The van der Waals surface area contributed by atoms with Crippen molar-refractivity contribution in [1.82, 2.24) is 14.5 Å². The molecule has 0 saturated heterocycles. The minimum atomic E-state index is -1.42. The first kappa shape index (κ1) is 16.6. The quantitative estimate of drug-likeness (QED) is 0.415.